The van der Waals surface area contributed by atoms with Crippen LogP contribution in [0.5, 0.6) is 0 Å². The summed E-state index contributed by atoms with van der Waals surface area (Å²) in [5.74, 6) is -2.23. The van der Waals surface area contributed by atoms with E-state index in [2.05, 4.69) is 5.32 Å². The van der Waals surface area contributed by atoms with Gasteiger partial charge in [-0.1, -0.05) is 93.6 Å². The van der Waals surface area contributed by atoms with E-state index in [0.29, 0.717) is 11.1 Å². The molecule has 3 rings (SSSR count). The number of nitro groups is 1. The van der Waals surface area contributed by atoms with Crippen LogP contribution in [0.4, 0.5) is 0 Å². The van der Waals surface area contributed by atoms with Crippen LogP contribution in [0.3, 0.4) is 0 Å². The molecule has 0 saturated carbocycles. The maximum absolute atomic E-state index is 13.5. The topological polar surface area (TPSA) is 98.5 Å². The summed E-state index contributed by atoms with van der Waals surface area (Å²) in [7, 11) is 1.22. The van der Waals surface area contributed by atoms with Crippen molar-refractivity contribution in [3.8, 4) is 0 Å². The number of hydrogen-bond acceptors (Lipinski definition) is 5. The lowest BCUT2D eigenvalue weighted by Crippen LogP contribution is -2.59. The molecule has 1 amide bonds. The highest BCUT2D eigenvalue weighted by atomic mass is 16.6. The van der Waals surface area contributed by atoms with Crippen molar-refractivity contribution in [2.75, 3.05) is 13.7 Å². The molecule has 33 heavy (non-hydrogen) atoms. The molecule has 0 saturated heterocycles. The summed E-state index contributed by atoms with van der Waals surface area (Å²) >= 11 is 0. The van der Waals surface area contributed by atoms with Crippen LogP contribution in [-0.2, 0) is 19.9 Å². The predicted molar refractivity (Wildman–Crippen MR) is 126 cm³/mol. The van der Waals surface area contributed by atoms with E-state index < -0.39 is 40.2 Å². The molecule has 7 heteroatoms. The molecule has 3 aromatic carbocycles. The number of fused-ring (bicyclic) bond motifs is 1. The zero-order valence-electron chi connectivity index (χ0n) is 19.2. The van der Waals surface area contributed by atoms with Gasteiger partial charge in [-0.3, -0.25) is 14.9 Å². The zero-order chi connectivity index (χ0) is 24.2. The van der Waals surface area contributed by atoms with Gasteiger partial charge in [0.25, 0.3) is 0 Å². The first-order valence-corrected chi connectivity index (χ1v) is 10.7. The number of carbonyl (C=O) groups excluding carboxylic acids is 2. The summed E-state index contributed by atoms with van der Waals surface area (Å²) in [6.45, 7) is 4.56. The first-order chi connectivity index (χ1) is 15.6. The molecule has 1 N–H and O–H groups in total. The van der Waals surface area contributed by atoms with E-state index >= 15 is 0 Å². The van der Waals surface area contributed by atoms with Gasteiger partial charge in [0.1, 0.15) is 0 Å². The first kappa shape index (κ1) is 23.9. The van der Waals surface area contributed by atoms with Crippen LogP contribution in [0, 0.1) is 15.5 Å². The molecule has 2 atom stereocenters. The molecule has 3 aromatic rings. The summed E-state index contributed by atoms with van der Waals surface area (Å²) in [4.78, 5) is 38.1. The lowest BCUT2D eigenvalue weighted by atomic mass is 9.73. The van der Waals surface area contributed by atoms with Gasteiger partial charge in [0.05, 0.1) is 13.0 Å². The summed E-state index contributed by atoms with van der Waals surface area (Å²) < 4.78 is 5.18. The van der Waals surface area contributed by atoms with Crippen molar-refractivity contribution in [3.63, 3.8) is 0 Å². The highest BCUT2D eigenvalue weighted by Gasteiger charge is 2.53. The maximum atomic E-state index is 13.5. The number of rotatable bonds is 7. The number of nitrogens with one attached hydrogen (secondary N) is 1. The molecule has 0 fully saturated rings. The minimum Gasteiger partial charge on any atom is -0.467 e. The Kier molecular flexibility index (Phi) is 6.81. The Balaban J connectivity index is 2.33. The number of carbonyl (C=O) groups is 2. The third-order valence-electron chi connectivity index (χ3n) is 5.76. The van der Waals surface area contributed by atoms with E-state index in [4.69, 9.17) is 4.74 Å². The van der Waals surface area contributed by atoms with Gasteiger partial charge in [0, 0.05) is 10.3 Å². The van der Waals surface area contributed by atoms with Gasteiger partial charge in [-0.25, -0.2) is 4.79 Å². The van der Waals surface area contributed by atoms with Gasteiger partial charge < -0.3 is 10.1 Å². The van der Waals surface area contributed by atoms with Gasteiger partial charge in [-0.15, -0.1) is 0 Å². The number of hydrogen-bond donors (Lipinski definition) is 1. The monoisotopic (exact) mass is 448 g/mol. The molecule has 2 unspecified atom stereocenters. The van der Waals surface area contributed by atoms with Crippen LogP contribution in [0.1, 0.15) is 37.8 Å². The maximum Gasteiger partial charge on any atom is 0.337 e. The van der Waals surface area contributed by atoms with E-state index in [0.717, 1.165) is 10.8 Å². The molecule has 0 aliphatic rings. The van der Waals surface area contributed by atoms with Crippen LogP contribution in [0.25, 0.3) is 10.8 Å². The lowest BCUT2D eigenvalue weighted by molar-refractivity contribution is -0.485. The molecule has 0 radical (unpaired) electrons. The normalized spacial score (nSPS) is 14.2. The number of benzene rings is 3. The van der Waals surface area contributed by atoms with Crippen molar-refractivity contribution in [3.05, 3.63) is 94.0 Å². The Morgan fingerprint density at radius 3 is 2.15 bits per heavy atom. The average Bonchev–Trinajstić information content (AvgIpc) is 2.80. The quantitative estimate of drug-likeness (QED) is 0.327. The van der Waals surface area contributed by atoms with Gasteiger partial charge in [-0.05, 0) is 21.9 Å². The Labute approximate surface area is 192 Å². The second-order valence-electron chi connectivity index (χ2n) is 9.04. The second-order valence-corrected chi connectivity index (χ2v) is 9.04. The van der Waals surface area contributed by atoms with Crippen molar-refractivity contribution >= 4 is 22.6 Å². The van der Waals surface area contributed by atoms with Crippen molar-refractivity contribution < 1.29 is 19.2 Å². The number of methoxy groups -OCH3 is 1. The fraction of sp³-hybridized carbons (Fsp3) is 0.308. The van der Waals surface area contributed by atoms with Crippen LogP contribution in [0.2, 0.25) is 0 Å². The van der Waals surface area contributed by atoms with Crippen LogP contribution in [0.15, 0.2) is 72.8 Å². The van der Waals surface area contributed by atoms with Crippen molar-refractivity contribution in [1.82, 2.24) is 5.32 Å². The van der Waals surface area contributed by atoms with Gasteiger partial charge in [-0.2, -0.15) is 0 Å². The fourth-order valence-corrected chi connectivity index (χ4v) is 3.97. The van der Waals surface area contributed by atoms with Crippen molar-refractivity contribution in [1.29, 1.82) is 0 Å². The van der Waals surface area contributed by atoms with Crippen LogP contribution < -0.4 is 5.32 Å². The van der Waals surface area contributed by atoms with Crippen LogP contribution >= 0.6 is 0 Å². The predicted octanol–water partition coefficient (Wildman–Crippen LogP) is 4.43. The third kappa shape index (κ3) is 4.87. The largest absolute Gasteiger partial charge is 0.467 e. The number of esters is 1. The smallest absolute Gasteiger partial charge is 0.337 e. The second kappa shape index (κ2) is 9.40. The summed E-state index contributed by atoms with van der Waals surface area (Å²) in [5, 5.41) is 16.6. The molecule has 0 bridgehead atoms. The Bertz CT molecular complexity index is 1170. The van der Waals surface area contributed by atoms with Gasteiger partial charge in [0.2, 0.25) is 12.5 Å². The SMILES string of the molecule is COC(=O)C(NC(=O)C(C)(C)C)(c1ccccc1)C(C[N+](=O)[O-])c1ccc2ccccc2c1. The van der Waals surface area contributed by atoms with Crippen LogP contribution in [-0.4, -0.2) is 30.5 Å². The molecule has 172 valence electrons. The number of amides is 1. The van der Waals surface area contributed by atoms with Crippen molar-refractivity contribution in [2.24, 2.45) is 5.41 Å². The summed E-state index contributed by atoms with van der Waals surface area (Å²) in [5.41, 5.74) is -1.70. The highest BCUT2D eigenvalue weighted by molar-refractivity contribution is 5.92. The average molecular weight is 449 g/mol. The van der Waals surface area contributed by atoms with Crippen molar-refractivity contribution in [2.45, 2.75) is 32.2 Å². The minimum atomic E-state index is -1.81. The van der Waals surface area contributed by atoms with Gasteiger partial charge in [0.15, 0.2) is 5.54 Å². The molecule has 0 aliphatic carbocycles. The third-order valence-corrected chi connectivity index (χ3v) is 5.76. The Morgan fingerprint density at radius 2 is 1.58 bits per heavy atom. The zero-order valence-corrected chi connectivity index (χ0v) is 19.2. The molecule has 0 spiro atoms. The summed E-state index contributed by atoms with van der Waals surface area (Å²) in [6, 6.07) is 21.6. The van der Waals surface area contributed by atoms with E-state index in [9.17, 15) is 19.7 Å². The molecular formula is C26H28N2O5. The Hall–Kier alpha value is -3.74. The van der Waals surface area contributed by atoms with E-state index in [-0.39, 0.29) is 0 Å². The Morgan fingerprint density at radius 1 is 0.970 bits per heavy atom. The standard InChI is InChI=1S/C26H28N2O5/c1-25(2,3)23(29)27-26(24(30)33-4,21-12-6-5-7-13-21)22(17-28(31)32)20-15-14-18-10-8-9-11-19(18)16-20/h5-16,22H,17H2,1-4H3,(H,27,29). The fourth-order valence-electron chi connectivity index (χ4n) is 3.97. The minimum absolute atomic E-state index is 0.412. The van der Waals surface area contributed by atoms with E-state index in [1.807, 2.05) is 36.4 Å². The van der Waals surface area contributed by atoms with E-state index in [1.165, 1.54) is 7.11 Å². The number of nitrogens with zero attached hydrogens (tertiary/aromatic N) is 1. The molecular weight excluding hydrogens is 420 g/mol. The number of ether oxygens (including phenoxy) is 1. The molecule has 0 heterocycles. The molecule has 7 nitrogen and oxygen atoms in total. The van der Waals surface area contributed by atoms with E-state index in [1.54, 1.807) is 57.2 Å². The first-order valence-electron chi connectivity index (χ1n) is 10.7. The molecule has 0 aromatic heterocycles. The van der Waals surface area contributed by atoms with Gasteiger partial charge >= 0.3 is 5.97 Å². The summed E-state index contributed by atoms with van der Waals surface area (Å²) in [6.07, 6.45) is 0. The lowest BCUT2D eigenvalue weighted by Gasteiger charge is -2.39. The highest BCUT2D eigenvalue weighted by Crippen LogP contribution is 2.40. The molecule has 0 aliphatic heterocycles.